The zero-order valence-electron chi connectivity index (χ0n) is 23.6. The van der Waals surface area contributed by atoms with Gasteiger partial charge >= 0.3 is 23.9 Å². The van der Waals surface area contributed by atoms with Crippen molar-refractivity contribution in [3.63, 3.8) is 0 Å². The number of carbonyl (C=O) groups is 4. The summed E-state index contributed by atoms with van der Waals surface area (Å²) in [6, 6.07) is 29.4. The number of hydrogen-bond donors (Lipinski definition) is 4. The molecule has 0 spiro atoms. The molecule has 0 unspecified atom stereocenters. The maximum absolute atomic E-state index is 11.9. The molecule has 0 aliphatic rings. The van der Waals surface area contributed by atoms with Crippen LogP contribution in [0.2, 0.25) is 0 Å². The second-order valence-electron chi connectivity index (χ2n) is 10.2. The van der Waals surface area contributed by atoms with Crippen LogP contribution in [0.15, 0.2) is 109 Å². The highest BCUT2D eigenvalue weighted by Gasteiger charge is 2.23. The largest absolute Gasteiger partial charge is 0.478 e. The number of fused-ring (bicyclic) bond motifs is 2. The van der Waals surface area contributed by atoms with E-state index in [1.165, 1.54) is 12.1 Å². The molecule has 0 bridgehead atoms. The van der Waals surface area contributed by atoms with Crippen molar-refractivity contribution in [3.05, 3.63) is 131 Å². The Hall–Kier alpha value is -6.68. The number of hydrogen-bond acceptors (Lipinski definition) is 6. The Kier molecular flexibility index (Phi) is 7.53. The number of rotatable bonds is 9. The molecule has 6 aromatic carbocycles. The minimum atomic E-state index is -1.43. The summed E-state index contributed by atoms with van der Waals surface area (Å²) < 4.78 is 12.6. The molecule has 0 atom stereocenters. The van der Waals surface area contributed by atoms with Crippen LogP contribution in [-0.4, -0.2) is 44.3 Å². The zero-order valence-corrected chi connectivity index (χ0v) is 23.6. The standard InChI is InChI=1S/C36H22O10/c37-33(38)25-13-11-21(17-27(25)35(41)42)45-29-15-9-19-5-1-3-7-23(19)31(29)32-24-8-4-2-6-20(24)10-16-30(32)46-22-12-14-26(34(39)40)28(18-22)36(43)44/h1-18H,(H,37,38)(H,39,40)(H,41,42)(H,43,44). The predicted octanol–water partition coefficient (Wildman–Crippen LogP) is 8.04. The summed E-state index contributed by atoms with van der Waals surface area (Å²) in [5.74, 6) is -4.89. The molecule has 0 aliphatic heterocycles. The molecule has 10 heteroatoms. The smallest absolute Gasteiger partial charge is 0.336 e. The monoisotopic (exact) mass is 614 g/mol. The lowest BCUT2D eigenvalue weighted by Crippen LogP contribution is -2.08. The lowest BCUT2D eigenvalue weighted by molar-refractivity contribution is 0.0651. The third kappa shape index (κ3) is 5.42. The summed E-state index contributed by atoms with van der Waals surface area (Å²) in [5, 5.41) is 41.5. The Balaban J connectivity index is 1.59. The Morgan fingerprint density at radius 3 is 1.15 bits per heavy atom. The number of carboxylic acids is 4. The first-order valence-corrected chi connectivity index (χ1v) is 13.7. The highest BCUT2D eigenvalue weighted by Crippen LogP contribution is 2.47. The second kappa shape index (κ2) is 11.8. The molecular formula is C36H22O10. The average Bonchev–Trinajstić information content (AvgIpc) is 3.04. The third-order valence-corrected chi connectivity index (χ3v) is 7.39. The van der Waals surface area contributed by atoms with Crippen LogP contribution in [-0.2, 0) is 0 Å². The number of benzene rings is 6. The first-order chi connectivity index (χ1) is 22.1. The van der Waals surface area contributed by atoms with Gasteiger partial charge in [-0.3, -0.25) is 0 Å². The van der Waals surface area contributed by atoms with Gasteiger partial charge in [-0.15, -0.1) is 0 Å². The molecular weight excluding hydrogens is 592 g/mol. The van der Waals surface area contributed by atoms with Gasteiger partial charge in [0.05, 0.1) is 22.3 Å². The predicted molar refractivity (Wildman–Crippen MR) is 168 cm³/mol. The summed E-state index contributed by atoms with van der Waals surface area (Å²) in [7, 11) is 0. The average molecular weight is 615 g/mol. The second-order valence-corrected chi connectivity index (χ2v) is 10.2. The molecule has 0 saturated carbocycles. The van der Waals surface area contributed by atoms with E-state index < -0.39 is 46.1 Å². The van der Waals surface area contributed by atoms with E-state index >= 15 is 0 Å². The minimum absolute atomic E-state index is 0.0806. The molecule has 6 aromatic rings. The van der Waals surface area contributed by atoms with E-state index in [0.717, 1.165) is 45.8 Å². The molecule has 0 radical (unpaired) electrons. The maximum atomic E-state index is 11.9. The Morgan fingerprint density at radius 2 is 0.783 bits per heavy atom. The number of ether oxygens (including phenoxy) is 2. The van der Waals surface area contributed by atoms with Crippen molar-refractivity contribution < 1.29 is 49.1 Å². The van der Waals surface area contributed by atoms with E-state index in [9.17, 15) is 39.6 Å². The lowest BCUT2D eigenvalue weighted by Gasteiger charge is -2.20. The fraction of sp³-hybridized carbons (Fsp3) is 0. The van der Waals surface area contributed by atoms with Crippen LogP contribution < -0.4 is 9.47 Å². The van der Waals surface area contributed by atoms with Crippen molar-refractivity contribution in [1.82, 2.24) is 0 Å². The van der Waals surface area contributed by atoms with Gasteiger partial charge in [-0.1, -0.05) is 60.7 Å². The number of carboxylic acid groups (broad SMARTS) is 4. The summed E-state index contributed by atoms with van der Waals surface area (Å²) in [5.41, 5.74) is -0.550. The molecule has 0 aliphatic carbocycles. The van der Waals surface area contributed by atoms with Crippen molar-refractivity contribution in [2.45, 2.75) is 0 Å². The highest BCUT2D eigenvalue weighted by molar-refractivity contribution is 6.10. The first-order valence-electron chi connectivity index (χ1n) is 13.7. The fourth-order valence-corrected chi connectivity index (χ4v) is 5.34. The van der Waals surface area contributed by atoms with Gasteiger partial charge in [-0.05, 0) is 70.1 Å². The summed E-state index contributed by atoms with van der Waals surface area (Å²) in [6.45, 7) is 0. The topological polar surface area (TPSA) is 168 Å². The normalized spacial score (nSPS) is 10.9. The Labute approximate surface area is 259 Å². The van der Waals surface area contributed by atoms with Gasteiger partial charge in [-0.25, -0.2) is 19.2 Å². The molecule has 6 rings (SSSR count). The molecule has 0 fully saturated rings. The van der Waals surface area contributed by atoms with Crippen LogP contribution in [0.5, 0.6) is 23.0 Å². The van der Waals surface area contributed by atoms with Crippen molar-refractivity contribution in [2.24, 2.45) is 0 Å². The van der Waals surface area contributed by atoms with E-state index in [1.807, 2.05) is 60.7 Å². The molecule has 0 saturated heterocycles. The molecule has 0 amide bonds. The maximum Gasteiger partial charge on any atom is 0.336 e. The van der Waals surface area contributed by atoms with Gasteiger partial charge in [-0.2, -0.15) is 0 Å². The van der Waals surface area contributed by atoms with Gasteiger partial charge in [0.15, 0.2) is 0 Å². The van der Waals surface area contributed by atoms with Gasteiger partial charge in [0.2, 0.25) is 0 Å². The van der Waals surface area contributed by atoms with Crippen LogP contribution in [0.1, 0.15) is 41.4 Å². The molecule has 0 heterocycles. The molecule has 4 N–H and O–H groups in total. The van der Waals surface area contributed by atoms with Crippen LogP contribution in [0, 0.1) is 0 Å². The van der Waals surface area contributed by atoms with E-state index in [1.54, 1.807) is 12.1 Å². The van der Waals surface area contributed by atoms with E-state index in [2.05, 4.69) is 0 Å². The Morgan fingerprint density at radius 1 is 0.413 bits per heavy atom. The highest BCUT2D eigenvalue weighted by atomic mass is 16.5. The van der Waals surface area contributed by atoms with Gasteiger partial charge in [0.25, 0.3) is 0 Å². The number of aromatic carboxylic acids is 4. The summed E-state index contributed by atoms with van der Waals surface area (Å²) in [6.07, 6.45) is 0. The van der Waals surface area contributed by atoms with Crippen molar-refractivity contribution >= 4 is 45.4 Å². The van der Waals surface area contributed by atoms with Crippen molar-refractivity contribution in [3.8, 4) is 34.1 Å². The van der Waals surface area contributed by atoms with Gasteiger partial charge < -0.3 is 29.9 Å². The molecule has 226 valence electrons. The van der Waals surface area contributed by atoms with Crippen molar-refractivity contribution in [1.29, 1.82) is 0 Å². The lowest BCUT2D eigenvalue weighted by atomic mass is 9.92. The fourth-order valence-electron chi connectivity index (χ4n) is 5.34. The SMILES string of the molecule is O=C(O)c1ccc(Oc2ccc3ccccc3c2-c2c(Oc3ccc(C(=O)O)c(C(=O)O)c3)ccc3ccccc23)cc1C(=O)O. The summed E-state index contributed by atoms with van der Waals surface area (Å²) in [4.78, 5) is 47.0. The quantitative estimate of drug-likeness (QED) is 0.125. The molecule has 0 aromatic heterocycles. The van der Waals surface area contributed by atoms with Crippen molar-refractivity contribution in [2.75, 3.05) is 0 Å². The van der Waals surface area contributed by atoms with Crippen LogP contribution in [0.3, 0.4) is 0 Å². The summed E-state index contributed by atoms with van der Waals surface area (Å²) >= 11 is 0. The van der Waals surface area contributed by atoms with E-state index in [-0.39, 0.29) is 11.5 Å². The first kappa shape index (κ1) is 29.4. The van der Waals surface area contributed by atoms with Crippen LogP contribution >= 0.6 is 0 Å². The third-order valence-electron chi connectivity index (χ3n) is 7.39. The minimum Gasteiger partial charge on any atom is -0.478 e. The van der Waals surface area contributed by atoms with Gasteiger partial charge in [0, 0.05) is 11.1 Å². The van der Waals surface area contributed by atoms with E-state index in [4.69, 9.17) is 9.47 Å². The van der Waals surface area contributed by atoms with Crippen LogP contribution in [0.25, 0.3) is 32.7 Å². The van der Waals surface area contributed by atoms with Crippen LogP contribution in [0.4, 0.5) is 0 Å². The zero-order chi connectivity index (χ0) is 32.5. The van der Waals surface area contributed by atoms with Gasteiger partial charge in [0.1, 0.15) is 23.0 Å². The Bertz CT molecular complexity index is 2080. The molecule has 10 nitrogen and oxygen atoms in total. The van der Waals surface area contributed by atoms with E-state index in [0.29, 0.717) is 22.6 Å². The molecule has 46 heavy (non-hydrogen) atoms.